The largest absolute Gasteiger partial charge is 0.480 e. The molecule has 26 heavy (non-hydrogen) atoms. The van der Waals surface area contributed by atoms with Crippen molar-refractivity contribution in [2.24, 2.45) is 5.92 Å². The van der Waals surface area contributed by atoms with E-state index >= 15 is 0 Å². The van der Waals surface area contributed by atoms with Crippen LogP contribution in [0, 0.1) is 11.7 Å². The highest BCUT2D eigenvalue weighted by atomic mass is 19.1. The highest BCUT2D eigenvalue weighted by molar-refractivity contribution is 6.00. The Morgan fingerprint density at radius 2 is 2.04 bits per heavy atom. The lowest BCUT2D eigenvalue weighted by molar-refractivity contribution is -0.146. The van der Waals surface area contributed by atoms with Crippen LogP contribution in [0.3, 0.4) is 0 Å². The van der Waals surface area contributed by atoms with Gasteiger partial charge in [-0.15, -0.1) is 0 Å². The van der Waals surface area contributed by atoms with Gasteiger partial charge in [-0.1, -0.05) is 6.92 Å². The Labute approximate surface area is 150 Å². The Hall–Kier alpha value is -2.64. The number of carbonyl (C=O) groups is 3. The molecule has 7 nitrogen and oxygen atoms in total. The van der Waals surface area contributed by atoms with Gasteiger partial charge >= 0.3 is 12.0 Å². The van der Waals surface area contributed by atoms with Gasteiger partial charge in [0.25, 0.3) is 5.91 Å². The first-order valence-electron chi connectivity index (χ1n) is 8.73. The van der Waals surface area contributed by atoms with Crippen LogP contribution in [0.15, 0.2) is 18.2 Å². The van der Waals surface area contributed by atoms with Gasteiger partial charge in [0.05, 0.1) is 5.56 Å². The number of rotatable bonds is 4. The van der Waals surface area contributed by atoms with Crippen LogP contribution in [0.5, 0.6) is 0 Å². The molecule has 1 saturated carbocycles. The molecule has 2 aliphatic rings. The molecule has 1 aliphatic heterocycles. The number of carboxylic acids is 1. The lowest BCUT2D eigenvalue weighted by Gasteiger charge is -2.36. The van der Waals surface area contributed by atoms with Crippen LogP contribution in [0.2, 0.25) is 0 Å². The van der Waals surface area contributed by atoms with Gasteiger partial charge in [0.15, 0.2) is 0 Å². The predicted molar refractivity (Wildman–Crippen MR) is 92.6 cm³/mol. The second kappa shape index (κ2) is 6.93. The number of hydrogen-bond acceptors (Lipinski definition) is 3. The molecule has 3 rings (SSSR count). The molecule has 0 bridgehead atoms. The summed E-state index contributed by atoms with van der Waals surface area (Å²) in [6.45, 7) is 2.93. The topological polar surface area (TPSA) is 98.7 Å². The molecular formula is C18H22FN3O4. The molecule has 140 valence electrons. The molecule has 0 spiro atoms. The zero-order chi connectivity index (χ0) is 18.9. The van der Waals surface area contributed by atoms with Gasteiger partial charge in [-0.05, 0) is 49.8 Å². The minimum Gasteiger partial charge on any atom is -0.480 e. The van der Waals surface area contributed by atoms with Crippen molar-refractivity contribution in [3.8, 4) is 0 Å². The van der Waals surface area contributed by atoms with Gasteiger partial charge < -0.3 is 15.7 Å². The molecule has 1 saturated heterocycles. The summed E-state index contributed by atoms with van der Waals surface area (Å²) < 4.78 is 14.2. The zero-order valence-corrected chi connectivity index (χ0v) is 14.5. The van der Waals surface area contributed by atoms with Crippen LogP contribution < -0.4 is 15.5 Å². The van der Waals surface area contributed by atoms with E-state index in [0.29, 0.717) is 50.4 Å². The fourth-order valence-electron chi connectivity index (χ4n) is 3.51. The summed E-state index contributed by atoms with van der Waals surface area (Å²) in [6.07, 6.45) is 1.99. The lowest BCUT2D eigenvalue weighted by Crippen LogP contribution is -2.56. The Morgan fingerprint density at radius 1 is 1.35 bits per heavy atom. The molecule has 1 aliphatic carbocycles. The molecule has 0 atom stereocenters. The third kappa shape index (κ3) is 3.36. The van der Waals surface area contributed by atoms with Gasteiger partial charge in [-0.25, -0.2) is 14.0 Å². The summed E-state index contributed by atoms with van der Waals surface area (Å²) in [4.78, 5) is 37.6. The lowest BCUT2D eigenvalue weighted by atomic mass is 9.77. The van der Waals surface area contributed by atoms with Crippen LogP contribution in [0.25, 0.3) is 0 Å². The van der Waals surface area contributed by atoms with Crippen LogP contribution in [0.4, 0.5) is 14.9 Å². The van der Waals surface area contributed by atoms with E-state index in [0.717, 1.165) is 6.07 Å². The molecule has 0 aromatic heterocycles. The summed E-state index contributed by atoms with van der Waals surface area (Å²) in [5, 5.41) is 14.8. The van der Waals surface area contributed by atoms with E-state index in [4.69, 9.17) is 0 Å². The van der Waals surface area contributed by atoms with Crippen molar-refractivity contribution in [2.75, 3.05) is 18.0 Å². The number of urea groups is 1. The number of nitrogens with one attached hydrogen (secondary N) is 2. The van der Waals surface area contributed by atoms with E-state index in [-0.39, 0.29) is 11.6 Å². The first kappa shape index (κ1) is 18.2. The number of anilines is 1. The van der Waals surface area contributed by atoms with Crippen molar-refractivity contribution in [1.29, 1.82) is 0 Å². The number of nitrogens with zero attached hydrogens (tertiary/aromatic N) is 1. The minimum atomic E-state index is -1.38. The highest BCUT2D eigenvalue weighted by Gasteiger charge is 2.43. The van der Waals surface area contributed by atoms with Gasteiger partial charge in [-0.3, -0.25) is 9.69 Å². The quantitative estimate of drug-likeness (QED) is 0.763. The fraction of sp³-hybridized carbons (Fsp3) is 0.500. The molecule has 3 amide bonds. The fourth-order valence-corrected chi connectivity index (χ4v) is 3.51. The van der Waals surface area contributed by atoms with E-state index in [9.17, 15) is 23.9 Å². The Morgan fingerprint density at radius 3 is 2.62 bits per heavy atom. The second-order valence-electron chi connectivity index (χ2n) is 7.07. The normalized spacial score (nSPS) is 25.7. The van der Waals surface area contributed by atoms with Gasteiger partial charge in [0, 0.05) is 18.8 Å². The Kier molecular flexibility index (Phi) is 4.84. The summed E-state index contributed by atoms with van der Waals surface area (Å²) in [6, 6.07) is 3.51. The highest BCUT2D eigenvalue weighted by Crippen LogP contribution is 2.33. The monoisotopic (exact) mass is 363 g/mol. The van der Waals surface area contributed by atoms with E-state index in [2.05, 4.69) is 10.6 Å². The van der Waals surface area contributed by atoms with Crippen molar-refractivity contribution in [3.05, 3.63) is 29.6 Å². The summed E-state index contributed by atoms with van der Waals surface area (Å²) in [7, 11) is 0. The number of benzene rings is 1. The zero-order valence-electron chi connectivity index (χ0n) is 14.5. The first-order chi connectivity index (χ1) is 12.3. The molecule has 2 fully saturated rings. The van der Waals surface area contributed by atoms with Crippen LogP contribution in [-0.4, -0.2) is 41.6 Å². The van der Waals surface area contributed by atoms with Gasteiger partial charge in [0.2, 0.25) is 0 Å². The summed E-state index contributed by atoms with van der Waals surface area (Å²) >= 11 is 0. The number of carbonyl (C=O) groups excluding carboxylic acids is 2. The third-order valence-electron chi connectivity index (χ3n) is 5.25. The Bertz CT molecular complexity index is 744. The van der Waals surface area contributed by atoms with Crippen LogP contribution in [-0.2, 0) is 4.79 Å². The number of hydrogen-bond donors (Lipinski definition) is 3. The number of amides is 3. The van der Waals surface area contributed by atoms with Gasteiger partial charge in [0.1, 0.15) is 11.4 Å². The van der Waals surface area contributed by atoms with Gasteiger partial charge in [-0.2, -0.15) is 0 Å². The van der Waals surface area contributed by atoms with Crippen molar-refractivity contribution in [3.63, 3.8) is 0 Å². The molecule has 1 heterocycles. The average molecular weight is 363 g/mol. The molecule has 0 unspecified atom stereocenters. The second-order valence-corrected chi connectivity index (χ2v) is 7.07. The van der Waals surface area contributed by atoms with E-state index in [1.807, 2.05) is 6.92 Å². The predicted octanol–water partition coefficient (Wildman–Crippen LogP) is 2.12. The van der Waals surface area contributed by atoms with E-state index in [1.165, 1.54) is 17.0 Å². The summed E-state index contributed by atoms with van der Waals surface area (Å²) in [5.41, 5.74) is -1.24. The molecular weight excluding hydrogens is 341 g/mol. The van der Waals surface area contributed by atoms with E-state index < -0.39 is 23.2 Å². The maximum Gasteiger partial charge on any atom is 0.329 e. The molecule has 1 aromatic rings. The maximum absolute atomic E-state index is 14.2. The number of aliphatic carboxylic acids is 1. The van der Waals surface area contributed by atoms with Crippen molar-refractivity contribution >= 4 is 23.6 Å². The first-order valence-corrected chi connectivity index (χ1v) is 8.73. The SMILES string of the molecule is CC1CCC(NC(=O)c2cc(N3CCNC3=O)ccc2F)(C(=O)O)CC1. The smallest absolute Gasteiger partial charge is 0.329 e. The van der Waals surface area contributed by atoms with Crippen molar-refractivity contribution < 1.29 is 23.9 Å². The average Bonchev–Trinajstić information content (AvgIpc) is 3.03. The molecule has 3 N–H and O–H groups in total. The minimum absolute atomic E-state index is 0.263. The number of halogens is 1. The third-order valence-corrected chi connectivity index (χ3v) is 5.25. The number of carboxylic acid groups (broad SMARTS) is 1. The van der Waals surface area contributed by atoms with Crippen LogP contribution >= 0.6 is 0 Å². The Balaban J connectivity index is 1.84. The maximum atomic E-state index is 14.2. The molecule has 1 aromatic carbocycles. The van der Waals surface area contributed by atoms with E-state index in [1.54, 1.807) is 0 Å². The van der Waals surface area contributed by atoms with Crippen molar-refractivity contribution in [2.45, 2.75) is 38.1 Å². The standard InChI is InChI=1S/C18H22FN3O4/c1-11-4-6-18(7-5-11,16(24)25)21-15(23)13-10-12(2-3-14(13)19)22-9-8-20-17(22)26/h2-3,10-11H,4-9H2,1H3,(H,20,26)(H,21,23)(H,24,25). The molecule has 0 radical (unpaired) electrons. The molecule has 8 heteroatoms. The van der Waals surface area contributed by atoms with Crippen LogP contribution in [0.1, 0.15) is 43.0 Å². The van der Waals surface area contributed by atoms with Crippen molar-refractivity contribution in [1.82, 2.24) is 10.6 Å². The summed E-state index contributed by atoms with van der Waals surface area (Å²) in [5.74, 6) is -2.24.